The number of nitrogens with zero attached hydrogens (tertiary/aromatic N) is 2. The number of fused-ring (bicyclic) bond motifs is 1. The second-order valence-electron chi connectivity index (χ2n) is 7.55. The van der Waals surface area contributed by atoms with Crippen LogP contribution >= 0.6 is 24.0 Å². The fourth-order valence-electron chi connectivity index (χ4n) is 3.64. The van der Waals surface area contributed by atoms with Crippen molar-refractivity contribution in [2.75, 3.05) is 27.8 Å². The highest BCUT2D eigenvalue weighted by atomic mass is 127. The van der Waals surface area contributed by atoms with Crippen molar-refractivity contribution in [3.8, 4) is 23.0 Å². The van der Waals surface area contributed by atoms with Crippen molar-refractivity contribution in [3.63, 3.8) is 0 Å². The minimum Gasteiger partial charge on any atom is -0.497 e. The number of ether oxygens (including phenoxy) is 2. The number of halogens is 1. The molecule has 4 rings (SSSR count). The van der Waals surface area contributed by atoms with Crippen LogP contribution in [0.15, 0.2) is 64.2 Å². The van der Waals surface area contributed by atoms with Gasteiger partial charge in [-0.1, -0.05) is 18.2 Å². The number of guanidine groups is 1. The van der Waals surface area contributed by atoms with Gasteiger partial charge in [0, 0.05) is 42.4 Å². The average Bonchev–Trinajstić information content (AvgIpc) is 3.50. The number of aromatic nitrogens is 2. The smallest absolute Gasteiger partial charge is 0.226 e. The maximum absolute atomic E-state index is 5.59. The van der Waals surface area contributed by atoms with E-state index in [4.69, 9.17) is 13.9 Å². The second kappa shape index (κ2) is 12.3. The molecule has 34 heavy (non-hydrogen) atoms. The van der Waals surface area contributed by atoms with Gasteiger partial charge in [-0.15, -0.1) is 24.0 Å². The lowest BCUT2D eigenvalue weighted by Gasteiger charge is -2.10. The summed E-state index contributed by atoms with van der Waals surface area (Å²) in [6, 6.07) is 15.9. The number of hydrogen-bond acceptors (Lipinski definition) is 5. The zero-order valence-corrected chi connectivity index (χ0v) is 21.9. The third kappa shape index (κ3) is 6.22. The van der Waals surface area contributed by atoms with Crippen molar-refractivity contribution < 1.29 is 13.9 Å². The van der Waals surface area contributed by atoms with Crippen molar-refractivity contribution in [1.29, 1.82) is 0 Å². The Labute approximate surface area is 216 Å². The molecule has 0 saturated carbocycles. The van der Waals surface area contributed by atoms with Gasteiger partial charge in [0.25, 0.3) is 0 Å². The van der Waals surface area contributed by atoms with E-state index in [2.05, 4.69) is 31.7 Å². The van der Waals surface area contributed by atoms with E-state index in [0.717, 1.165) is 64.7 Å². The number of nitrogens with one attached hydrogen (secondary N) is 3. The largest absolute Gasteiger partial charge is 0.497 e. The van der Waals surface area contributed by atoms with E-state index in [9.17, 15) is 0 Å². The molecule has 2 aromatic carbocycles. The van der Waals surface area contributed by atoms with Crippen LogP contribution < -0.4 is 20.1 Å². The summed E-state index contributed by atoms with van der Waals surface area (Å²) in [5.74, 6) is 2.91. The van der Waals surface area contributed by atoms with E-state index in [-0.39, 0.29) is 24.0 Å². The van der Waals surface area contributed by atoms with E-state index in [0.29, 0.717) is 12.4 Å². The van der Waals surface area contributed by atoms with Crippen LogP contribution in [-0.4, -0.2) is 43.7 Å². The Morgan fingerprint density at radius 1 is 1.09 bits per heavy atom. The van der Waals surface area contributed by atoms with Gasteiger partial charge in [0.2, 0.25) is 5.89 Å². The van der Waals surface area contributed by atoms with E-state index in [1.165, 1.54) is 0 Å². The summed E-state index contributed by atoms with van der Waals surface area (Å²) in [5, 5.41) is 7.68. The molecule has 0 aliphatic heterocycles. The van der Waals surface area contributed by atoms with E-state index in [1.807, 2.05) is 42.5 Å². The number of benzene rings is 2. The van der Waals surface area contributed by atoms with Gasteiger partial charge in [-0.3, -0.25) is 4.99 Å². The molecule has 2 heterocycles. The lowest BCUT2D eigenvalue weighted by molar-refractivity contribution is 0.398. The first-order chi connectivity index (χ1) is 16.2. The van der Waals surface area contributed by atoms with Gasteiger partial charge < -0.3 is 29.5 Å². The first-order valence-corrected chi connectivity index (χ1v) is 10.9. The summed E-state index contributed by atoms with van der Waals surface area (Å²) in [5.41, 5.74) is 3.94. The number of aliphatic imine (C=N–C) groups is 1. The zero-order valence-electron chi connectivity index (χ0n) is 19.6. The van der Waals surface area contributed by atoms with Crippen LogP contribution in [0.1, 0.15) is 17.8 Å². The number of hydrogen-bond donors (Lipinski definition) is 3. The molecule has 0 radical (unpaired) electrons. The number of oxazole rings is 1. The third-order valence-corrected chi connectivity index (χ3v) is 5.33. The molecule has 0 unspecified atom stereocenters. The SMILES string of the molecule is CN=C(NCCCc1cc2c(OC)cc(OC)cc2[nH]1)NCc1coc(-c2ccccc2)n1.I. The van der Waals surface area contributed by atoms with Crippen molar-refractivity contribution in [1.82, 2.24) is 20.6 Å². The fourth-order valence-corrected chi connectivity index (χ4v) is 3.64. The quantitative estimate of drug-likeness (QED) is 0.115. The molecule has 0 saturated heterocycles. The number of methoxy groups -OCH3 is 2. The predicted octanol–water partition coefficient (Wildman–Crippen LogP) is 4.76. The molecule has 4 aromatic rings. The Bertz CT molecular complexity index is 1220. The molecule has 0 fully saturated rings. The summed E-state index contributed by atoms with van der Waals surface area (Å²) in [7, 11) is 5.08. The molecule has 0 spiro atoms. The minimum absolute atomic E-state index is 0. The second-order valence-corrected chi connectivity index (χ2v) is 7.55. The van der Waals surface area contributed by atoms with Crippen molar-refractivity contribution in [2.45, 2.75) is 19.4 Å². The van der Waals surface area contributed by atoms with Crippen LogP contribution in [0.4, 0.5) is 0 Å². The molecule has 9 heteroatoms. The van der Waals surface area contributed by atoms with Gasteiger partial charge in [0.1, 0.15) is 17.8 Å². The highest BCUT2D eigenvalue weighted by molar-refractivity contribution is 14.0. The number of aromatic amines is 1. The monoisotopic (exact) mass is 575 g/mol. The molecule has 0 bridgehead atoms. The lowest BCUT2D eigenvalue weighted by atomic mass is 10.2. The van der Waals surface area contributed by atoms with Gasteiger partial charge in [0.05, 0.1) is 32.0 Å². The lowest BCUT2D eigenvalue weighted by Crippen LogP contribution is -2.37. The standard InChI is InChI=1S/C25H29N5O3.HI/c1-26-25(28-15-19-16-33-24(30-19)17-8-5-4-6-9-17)27-11-7-10-18-12-21-22(29-18)13-20(31-2)14-23(21)32-3;/h4-6,8-9,12-14,16,29H,7,10-11,15H2,1-3H3,(H2,26,27,28);1H. The van der Waals surface area contributed by atoms with Gasteiger partial charge in [-0.05, 0) is 31.0 Å². The normalized spacial score (nSPS) is 11.2. The summed E-state index contributed by atoms with van der Waals surface area (Å²) in [6.45, 7) is 1.31. The maximum atomic E-state index is 5.59. The maximum Gasteiger partial charge on any atom is 0.226 e. The van der Waals surface area contributed by atoms with Gasteiger partial charge >= 0.3 is 0 Å². The molecule has 0 atom stereocenters. The molecule has 0 aliphatic carbocycles. The zero-order chi connectivity index (χ0) is 23.0. The van der Waals surface area contributed by atoms with Crippen LogP contribution in [0, 0.1) is 0 Å². The third-order valence-electron chi connectivity index (χ3n) is 5.33. The molecular formula is C25H30IN5O3. The van der Waals surface area contributed by atoms with Crippen LogP contribution in [0.2, 0.25) is 0 Å². The summed E-state index contributed by atoms with van der Waals surface area (Å²) < 4.78 is 16.4. The average molecular weight is 575 g/mol. The van der Waals surface area contributed by atoms with Crippen molar-refractivity contribution >= 4 is 40.8 Å². The van der Waals surface area contributed by atoms with E-state index >= 15 is 0 Å². The summed E-state index contributed by atoms with van der Waals surface area (Å²) in [6.07, 6.45) is 3.50. The van der Waals surface area contributed by atoms with Crippen LogP contribution in [0.25, 0.3) is 22.4 Å². The molecule has 2 aromatic heterocycles. The highest BCUT2D eigenvalue weighted by Gasteiger charge is 2.10. The Morgan fingerprint density at radius 3 is 2.65 bits per heavy atom. The molecule has 180 valence electrons. The van der Waals surface area contributed by atoms with Gasteiger partial charge in [-0.25, -0.2) is 4.98 Å². The van der Waals surface area contributed by atoms with Crippen LogP contribution in [-0.2, 0) is 13.0 Å². The topological polar surface area (TPSA) is 96.7 Å². The summed E-state index contributed by atoms with van der Waals surface area (Å²) in [4.78, 5) is 12.3. The molecule has 0 aliphatic rings. The first-order valence-electron chi connectivity index (χ1n) is 10.9. The predicted molar refractivity (Wildman–Crippen MR) is 145 cm³/mol. The van der Waals surface area contributed by atoms with E-state index in [1.54, 1.807) is 27.5 Å². The minimum atomic E-state index is 0. The first kappa shape index (κ1) is 25.4. The Morgan fingerprint density at radius 2 is 1.91 bits per heavy atom. The highest BCUT2D eigenvalue weighted by Crippen LogP contribution is 2.31. The Hall–Kier alpha value is -3.21. The Kier molecular flexibility index (Phi) is 9.20. The molecule has 0 amide bonds. The summed E-state index contributed by atoms with van der Waals surface area (Å²) >= 11 is 0. The van der Waals surface area contributed by atoms with Crippen LogP contribution in [0.5, 0.6) is 11.5 Å². The molecular weight excluding hydrogens is 545 g/mol. The van der Waals surface area contributed by atoms with Crippen molar-refractivity contribution in [2.24, 2.45) is 4.99 Å². The number of H-pyrrole nitrogens is 1. The Balaban J connectivity index is 0.00000324. The molecule has 3 N–H and O–H groups in total. The molecule has 8 nitrogen and oxygen atoms in total. The van der Waals surface area contributed by atoms with E-state index < -0.39 is 0 Å². The number of rotatable bonds is 9. The van der Waals surface area contributed by atoms with Gasteiger partial charge in [0.15, 0.2) is 5.96 Å². The van der Waals surface area contributed by atoms with Crippen molar-refractivity contribution in [3.05, 3.63) is 66.2 Å². The number of aryl methyl sites for hydroxylation is 1. The van der Waals surface area contributed by atoms with Gasteiger partial charge in [-0.2, -0.15) is 0 Å². The fraction of sp³-hybridized carbons (Fsp3) is 0.280. The van der Waals surface area contributed by atoms with Crippen LogP contribution in [0.3, 0.4) is 0 Å².